The average Bonchev–Trinajstić information content (AvgIpc) is 2.43. The second-order valence-electron chi connectivity index (χ2n) is 2.66. The summed E-state index contributed by atoms with van der Waals surface area (Å²) in [4.78, 5) is 22.2. The van der Waals surface area contributed by atoms with Gasteiger partial charge in [0.1, 0.15) is 0 Å². The number of benzene rings is 1. The topological polar surface area (TPSA) is 46.2 Å². The molecule has 1 aliphatic heterocycles. The molecule has 0 spiro atoms. The summed E-state index contributed by atoms with van der Waals surface area (Å²) < 4.78 is 0. The maximum Gasteiger partial charge on any atom is 0.296 e. The van der Waals surface area contributed by atoms with E-state index in [9.17, 15) is 9.59 Å². The monoisotopic (exact) mass is 171 g/mol. The van der Waals surface area contributed by atoms with Gasteiger partial charge in [-0.05, 0) is 12.1 Å². The zero-order valence-electron chi connectivity index (χ0n) is 6.63. The number of hydrogen-bond donors (Lipinski definition) is 1. The summed E-state index contributed by atoms with van der Waals surface area (Å²) in [6, 6.07) is 4.92. The third-order valence-corrected chi connectivity index (χ3v) is 1.91. The fraction of sp³-hybridized carbons (Fsp3) is 0. The summed E-state index contributed by atoms with van der Waals surface area (Å²) >= 11 is 0. The van der Waals surface area contributed by atoms with Crippen LogP contribution in [0, 0.1) is 12.3 Å². The van der Waals surface area contributed by atoms with Crippen molar-refractivity contribution < 1.29 is 9.59 Å². The number of rotatable bonds is 0. The molecule has 3 nitrogen and oxygen atoms in total. The molecule has 0 fully saturated rings. The van der Waals surface area contributed by atoms with E-state index >= 15 is 0 Å². The molecular weight excluding hydrogens is 166 g/mol. The summed E-state index contributed by atoms with van der Waals surface area (Å²) in [5.41, 5.74) is 1.36. The molecule has 0 bridgehead atoms. The first kappa shape index (κ1) is 7.56. The molecule has 0 saturated heterocycles. The molecular formula is C10H5NO2. The Balaban J connectivity index is 2.71. The number of amides is 1. The van der Waals surface area contributed by atoms with E-state index in [0.717, 1.165) is 0 Å². The van der Waals surface area contributed by atoms with E-state index in [2.05, 4.69) is 11.2 Å². The minimum atomic E-state index is -0.613. The molecule has 0 aromatic heterocycles. The highest BCUT2D eigenvalue weighted by Crippen LogP contribution is 2.26. The van der Waals surface area contributed by atoms with E-state index in [4.69, 9.17) is 6.42 Å². The number of hydrogen-bond acceptors (Lipinski definition) is 2. The van der Waals surface area contributed by atoms with Crippen LogP contribution in [0.25, 0.3) is 0 Å². The Morgan fingerprint density at radius 2 is 2.08 bits per heavy atom. The summed E-state index contributed by atoms with van der Waals surface area (Å²) in [6.45, 7) is 0. The van der Waals surface area contributed by atoms with Crippen LogP contribution in [0.3, 0.4) is 0 Å². The molecule has 62 valence electrons. The number of Topliss-reactive ketones (excluding diaryl/α,β-unsaturated/α-hetero) is 1. The normalized spacial score (nSPS) is 13.5. The van der Waals surface area contributed by atoms with Gasteiger partial charge in [0.05, 0.1) is 11.3 Å². The number of fused-ring (bicyclic) bond motifs is 1. The smallest absolute Gasteiger partial charge is 0.296 e. The van der Waals surface area contributed by atoms with Crippen molar-refractivity contribution in [2.45, 2.75) is 0 Å². The van der Waals surface area contributed by atoms with Crippen LogP contribution in [-0.2, 0) is 4.79 Å². The van der Waals surface area contributed by atoms with Gasteiger partial charge in [0.2, 0.25) is 0 Å². The Labute approximate surface area is 74.8 Å². The zero-order chi connectivity index (χ0) is 9.42. The van der Waals surface area contributed by atoms with Crippen LogP contribution in [0.5, 0.6) is 0 Å². The van der Waals surface area contributed by atoms with Gasteiger partial charge >= 0.3 is 0 Å². The second-order valence-corrected chi connectivity index (χ2v) is 2.66. The Morgan fingerprint density at radius 1 is 1.31 bits per heavy atom. The second kappa shape index (κ2) is 2.46. The standard InChI is InChI=1S/C10H5NO2/c1-2-6-4-3-5-7-8(6)11-10(13)9(7)12/h1,3-5H,(H,11,12,13). The molecule has 0 unspecified atom stereocenters. The molecule has 1 aromatic rings. The third kappa shape index (κ3) is 0.926. The number of para-hydroxylation sites is 1. The molecule has 3 heteroatoms. The van der Waals surface area contributed by atoms with Gasteiger partial charge in [-0.25, -0.2) is 0 Å². The van der Waals surface area contributed by atoms with E-state index < -0.39 is 11.7 Å². The highest BCUT2D eigenvalue weighted by Gasteiger charge is 2.28. The van der Waals surface area contributed by atoms with Crippen LogP contribution in [0.15, 0.2) is 18.2 Å². The van der Waals surface area contributed by atoms with Gasteiger partial charge in [-0.3, -0.25) is 9.59 Å². The molecule has 0 atom stereocenters. The van der Waals surface area contributed by atoms with Crippen LogP contribution in [0.4, 0.5) is 5.69 Å². The quantitative estimate of drug-likeness (QED) is 0.463. The van der Waals surface area contributed by atoms with E-state index in [-0.39, 0.29) is 0 Å². The fourth-order valence-electron chi connectivity index (χ4n) is 1.29. The van der Waals surface area contributed by atoms with Crippen molar-refractivity contribution >= 4 is 17.4 Å². The maximum absolute atomic E-state index is 11.2. The Bertz CT molecular complexity index is 454. The Hall–Kier alpha value is -2.08. The van der Waals surface area contributed by atoms with Gasteiger partial charge in [0.25, 0.3) is 11.7 Å². The number of carbonyl (C=O) groups excluding carboxylic acids is 2. The molecule has 1 heterocycles. The first-order valence-electron chi connectivity index (χ1n) is 3.69. The van der Waals surface area contributed by atoms with Crippen molar-refractivity contribution in [3.05, 3.63) is 29.3 Å². The average molecular weight is 171 g/mol. The van der Waals surface area contributed by atoms with Crippen molar-refractivity contribution in [1.82, 2.24) is 0 Å². The van der Waals surface area contributed by atoms with Gasteiger partial charge in [-0.1, -0.05) is 12.0 Å². The van der Waals surface area contributed by atoms with Gasteiger partial charge in [-0.15, -0.1) is 6.42 Å². The first-order valence-corrected chi connectivity index (χ1v) is 3.69. The van der Waals surface area contributed by atoms with E-state index in [1.807, 2.05) is 0 Å². The van der Waals surface area contributed by atoms with Crippen molar-refractivity contribution in [1.29, 1.82) is 0 Å². The predicted octanol–water partition coefficient (Wildman–Crippen LogP) is 0.803. The minimum Gasteiger partial charge on any atom is -0.317 e. The lowest BCUT2D eigenvalue weighted by Gasteiger charge is -1.98. The number of anilines is 1. The maximum atomic E-state index is 11.2. The Morgan fingerprint density at radius 3 is 2.77 bits per heavy atom. The largest absolute Gasteiger partial charge is 0.317 e. The SMILES string of the molecule is C#Cc1cccc2c1NC(=O)C2=O. The van der Waals surface area contributed by atoms with Gasteiger partial charge < -0.3 is 5.32 Å². The highest BCUT2D eigenvalue weighted by atomic mass is 16.2. The minimum absolute atomic E-state index is 0.362. The molecule has 0 saturated carbocycles. The number of terminal acetylenes is 1. The molecule has 1 N–H and O–H groups in total. The Kier molecular flexibility index (Phi) is 1.43. The van der Waals surface area contributed by atoms with E-state index in [1.165, 1.54) is 0 Å². The van der Waals surface area contributed by atoms with Crippen LogP contribution in [0.1, 0.15) is 15.9 Å². The molecule has 2 rings (SSSR count). The van der Waals surface area contributed by atoms with E-state index in [0.29, 0.717) is 16.8 Å². The highest BCUT2D eigenvalue weighted by molar-refractivity contribution is 6.51. The number of ketones is 1. The molecule has 13 heavy (non-hydrogen) atoms. The molecule has 1 amide bonds. The molecule has 1 aliphatic rings. The lowest BCUT2D eigenvalue weighted by Crippen LogP contribution is -2.12. The number of carbonyl (C=O) groups is 2. The van der Waals surface area contributed by atoms with Crippen molar-refractivity contribution in [3.8, 4) is 12.3 Å². The summed E-state index contributed by atoms with van der Waals surface area (Å²) in [5, 5.41) is 2.44. The molecule has 1 aromatic carbocycles. The fourth-order valence-corrected chi connectivity index (χ4v) is 1.29. The van der Waals surface area contributed by atoms with Crippen molar-refractivity contribution in [2.75, 3.05) is 5.32 Å². The first-order chi connectivity index (χ1) is 6.24. The van der Waals surface area contributed by atoms with E-state index in [1.54, 1.807) is 18.2 Å². The summed E-state index contributed by atoms with van der Waals surface area (Å²) in [7, 11) is 0. The van der Waals surface area contributed by atoms with Gasteiger partial charge in [-0.2, -0.15) is 0 Å². The lowest BCUT2D eigenvalue weighted by molar-refractivity contribution is -0.112. The third-order valence-electron chi connectivity index (χ3n) is 1.91. The van der Waals surface area contributed by atoms with Crippen LogP contribution >= 0.6 is 0 Å². The zero-order valence-corrected chi connectivity index (χ0v) is 6.63. The van der Waals surface area contributed by atoms with Crippen LogP contribution in [-0.4, -0.2) is 11.7 Å². The molecule has 0 radical (unpaired) electrons. The van der Waals surface area contributed by atoms with Gasteiger partial charge in [0.15, 0.2) is 0 Å². The lowest BCUT2D eigenvalue weighted by atomic mass is 10.1. The van der Waals surface area contributed by atoms with Gasteiger partial charge in [0, 0.05) is 5.56 Å². The number of nitrogens with one attached hydrogen (secondary N) is 1. The predicted molar refractivity (Wildman–Crippen MR) is 47.3 cm³/mol. The van der Waals surface area contributed by atoms with Crippen LogP contribution < -0.4 is 5.32 Å². The summed E-state index contributed by atoms with van der Waals surface area (Å²) in [6.07, 6.45) is 5.20. The van der Waals surface area contributed by atoms with Crippen molar-refractivity contribution in [3.63, 3.8) is 0 Å². The molecule has 0 aliphatic carbocycles. The van der Waals surface area contributed by atoms with Crippen LogP contribution in [0.2, 0.25) is 0 Å². The summed E-state index contributed by atoms with van der Waals surface area (Å²) in [5.74, 6) is 1.27. The van der Waals surface area contributed by atoms with Crippen molar-refractivity contribution in [2.24, 2.45) is 0 Å².